The zero-order chi connectivity index (χ0) is 17.4. The number of aromatic nitrogens is 3. The maximum Gasteiger partial charge on any atom is 0.332 e. The Labute approximate surface area is 135 Å². The number of hydrogen-bond donors (Lipinski definition) is 1. The van der Waals surface area contributed by atoms with Gasteiger partial charge in [0.15, 0.2) is 5.65 Å². The maximum atomic E-state index is 12.4. The van der Waals surface area contributed by atoms with Crippen molar-refractivity contribution in [1.29, 1.82) is 0 Å². The first-order valence-corrected chi connectivity index (χ1v) is 6.95. The quantitative estimate of drug-likeness (QED) is 0.748. The van der Waals surface area contributed by atoms with E-state index in [1.165, 1.54) is 25.8 Å². The largest absolute Gasteiger partial charge is 0.496 e. The molecule has 0 saturated carbocycles. The number of methoxy groups -OCH3 is 1. The van der Waals surface area contributed by atoms with E-state index in [0.29, 0.717) is 5.75 Å². The minimum atomic E-state index is -0.607. The van der Waals surface area contributed by atoms with Crippen LogP contribution in [0, 0.1) is 0 Å². The molecule has 9 nitrogen and oxygen atoms in total. The van der Waals surface area contributed by atoms with Crippen LogP contribution in [0.25, 0.3) is 11.0 Å². The Balaban J connectivity index is 2.10. The van der Waals surface area contributed by atoms with Gasteiger partial charge in [0.25, 0.3) is 11.5 Å². The molecule has 9 heteroatoms. The van der Waals surface area contributed by atoms with Gasteiger partial charge in [-0.2, -0.15) is 0 Å². The number of fused-ring (bicyclic) bond motifs is 1. The number of aryl methyl sites for hydroxylation is 1. The average molecular weight is 330 g/mol. The first-order valence-electron chi connectivity index (χ1n) is 6.95. The van der Waals surface area contributed by atoms with Crippen molar-refractivity contribution in [3.8, 4) is 5.75 Å². The third-order valence-corrected chi connectivity index (χ3v) is 3.66. The zero-order valence-electron chi connectivity index (χ0n) is 13.2. The van der Waals surface area contributed by atoms with Gasteiger partial charge in [-0.1, -0.05) is 17.3 Å². The van der Waals surface area contributed by atoms with E-state index >= 15 is 0 Å². The second-order valence-electron chi connectivity index (χ2n) is 5.07. The summed E-state index contributed by atoms with van der Waals surface area (Å²) in [5.41, 5.74) is -0.822. The van der Waals surface area contributed by atoms with Gasteiger partial charge in [-0.05, 0) is 12.1 Å². The van der Waals surface area contributed by atoms with Gasteiger partial charge in [0.05, 0.1) is 12.7 Å². The number of ether oxygens (including phenoxy) is 1. The van der Waals surface area contributed by atoms with Crippen LogP contribution in [0.3, 0.4) is 0 Å². The predicted octanol–water partition coefficient (Wildman–Crippen LogP) is 0.486. The molecule has 2 aromatic heterocycles. The third-order valence-electron chi connectivity index (χ3n) is 3.66. The van der Waals surface area contributed by atoms with Crippen molar-refractivity contribution in [3.05, 3.63) is 50.7 Å². The Bertz CT molecular complexity index is 1060. The van der Waals surface area contributed by atoms with Gasteiger partial charge < -0.3 is 9.26 Å². The topological polar surface area (TPSA) is 108 Å². The van der Waals surface area contributed by atoms with Crippen LogP contribution < -0.4 is 21.3 Å². The Morgan fingerprint density at radius 3 is 2.62 bits per heavy atom. The number of benzene rings is 1. The van der Waals surface area contributed by atoms with Gasteiger partial charge >= 0.3 is 5.69 Å². The third kappa shape index (κ3) is 2.26. The van der Waals surface area contributed by atoms with Crippen LogP contribution in [0.2, 0.25) is 0 Å². The van der Waals surface area contributed by atoms with Crippen molar-refractivity contribution in [2.45, 2.75) is 0 Å². The molecule has 0 saturated heterocycles. The van der Waals surface area contributed by atoms with Crippen molar-refractivity contribution < 1.29 is 14.1 Å². The first-order chi connectivity index (χ1) is 11.5. The van der Waals surface area contributed by atoms with Gasteiger partial charge in [-0.25, -0.2) is 4.79 Å². The number of anilines is 1. The maximum absolute atomic E-state index is 12.4. The molecule has 3 rings (SSSR count). The van der Waals surface area contributed by atoms with Crippen LogP contribution in [-0.4, -0.2) is 27.3 Å². The molecule has 1 N–H and O–H groups in total. The van der Waals surface area contributed by atoms with Crippen LogP contribution in [0.15, 0.2) is 38.4 Å². The highest BCUT2D eigenvalue weighted by Gasteiger charge is 2.21. The summed E-state index contributed by atoms with van der Waals surface area (Å²) in [5, 5.41) is 6.21. The summed E-state index contributed by atoms with van der Waals surface area (Å²) in [6.45, 7) is 0. The molecule has 124 valence electrons. The monoisotopic (exact) mass is 330 g/mol. The molecule has 0 spiro atoms. The minimum Gasteiger partial charge on any atom is -0.496 e. The van der Waals surface area contributed by atoms with E-state index in [4.69, 9.17) is 9.26 Å². The van der Waals surface area contributed by atoms with Gasteiger partial charge in [-0.15, -0.1) is 0 Å². The van der Waals surface area contributed by atoms with Crippen molar-refractivity contribution in [2.24, 2.45) is 14.1 Å². The number of amides is 1. The second kappa shape index (κ2) is 5.69. The summed E-state index contributed by atoms with van der Waals surface area (Å²) in [6.07, 6.45) is 0. The van der Waals surface area contributed by atoms with E-state index in [2.05, 4.69) is 10.5 Å². The van der Waals surface area contributed by atoms with Crippen molar-refractivity contribution in [1.82, 2.24) is 14.3 Å². The molecule has 0 aliphatic carbocycles. The summed E-state index contributed by atoms with van der Waals surface area (Å²) in [6, 6.07) is 6.61. The fourth-order valence-corrected chi connectivity index (χ4v) is 2.36. The number of rotatable bonds is 3. The summed E-state index contributed by atoms with van der Waals surface area (Å²) >= 11 is 0. The molecular weight excluding hydrogens is 316 g/mol. The molecule has 24 heavy (non-hydrogen) atoms. The summed E-state index contributed by atoms with van der Waals surface area (Å²) in [5.74, 6) is -0.280. The zero-order valence-corrected chi connectivity index (χ0v) is 13.2. The van der Waals surface area contributed by atoms with Gasteiger partial charge in [0.2, 0.25) is 5.88 Å². The van der Waals surface area contributed by atoms with Crippen LogP contribution in [0.1, 0.15) is 10.4 Å². The SMILES string of the molecule is COc1ccccc1C(=O)Nc1onc2c1c(=O)n(C)c(=O)n2C. The van der Waals surface area contributed by atoms with E-state index in [0.717, 1.165) is 4.57 Å². The fourth-order valence-electron chi connectivity index (χ4n) is 2.36. The first kappa shape index (κ1) is 15.5. The standard InChI is InChI=1S/C15H14N4O5/c1-18-11-10(14(21)19(2)15(18)22)13(24-17-11)16-12(20)8-6-4-5-7-9(8)23-3/h4-7H,1-3H3,(H,16,20). The molecule has 0 radical (unpaired) electrons. The summed E-state index contributed by atoms with van der Waals surface area (Å²) in [7, 11) is 4.24. The number of carbonyl (C=O) groups is 1. The van der Waals surface area contributed by atoms with Crippen LogP contribution in [0.4, 0.5) is 5.88 Å². The molecule has 0 aliphatic rings. The number of carbonyl (C=O) groups excluding carboxylic acids is 1. The number of para-hydroxylation sites is 1. The molecule has 0 fully saturated rings. The smallest absolute Gasteiger partial charge is 0.332 e. The summed E-state index contributed by atoms with van der Waals surface area (Å²) in [4.78, 5) is 36.6. The lowest BCUT2D eigenvalue weighted by molar-refractivity contribution is 0.102. The number of nitrogens with one attached hydrogen (secondary N) is 1. The molecule has 0 atom stereocenters. The Hall–Kier alpha value is -3.36. The van der Waals surface area contributed by atoms with Crippen molar-refractivity contribution >= 4 is 22.8 Å². The van der Waals surface area contributed by atoms with Crippen LogP contribution >= 0.6 is 0 Å². The van der Waals surface area contributed by atoms with E-state index in [-0.39, 0.29) is 22.5 Å². The highest BCUT2D eigenvalue weighted by molar-refractivity contribution is 6.08. The van der Waals surface area contributed by atoms with E-state index in [1.54, 1.807) is 24.3 Å². The lowest BCUT2D eigenvalue weighted by Gasteiger charge is -2.07. The molecule has 2 heterocycles. The van der Waals surface area contributed by atoms with Gasteiger partial charge in [0.1, 0.15) is 11.1 Å². The van der Waals surface area contributed by atoms with E-state index in [9.17, 15) is 14.4 Å². The lowest BCUT2D eigenvalue weighted by atomic mass is 10.2. The minimum absolute atomic E-state index is 0.0165. The molecular formula is C15H14N4O5. The normalized spacial score (nSPS) is 10.8. The Morgan fingerprint density at radius 1 is 1.21 bits per heavy atom. The number of hydrogen-bond acceptors (Lipinski definition) is 6. The average Bonchev–Trinajstić information content (AvgIpc) is 3.01. The van der Waals surface area contributed by atoms with Gasteiger partial charge in [0, 0.05) is 14.1 Å². The van der Waals surface area contributed by atoms with Gasteiger partial charge in [-0.3, -0.25) is 24.0 Å². The second-order valence-corrected chi connectivity index (χ2v) is 5.07. The Morgan fingerprint density at radius 2 is 1.92 bits per heavy atom. The van der Waals surface area contributed by atoms with Crippen LogP contribution in [0.5, 0.6) is 5.75 Å². The van der Waals surface area contributed by atoms with E-state index < -0.39 is 17.2 Å². The molecule has 1 amide bonds. The molecule has 0 bridgehead atoms. The molecule has 0 aliphatic heterocycles. The fraction of sp³-hybridized carbons (Fsp3) is 0.200. The van der Waals surface area contributed by atoms with Crippen LogP contribution in [-0.2, 0) is 14.1 Å². The molecule has 3 aromatic rings. The highest BCUT2D eigenvalue weighted by atomic mass is 16.5. The predicted molar refractivity (Wildman–Crippen MR) is 85.4 cm³/mol. The highest BCUT2D eigenvalue weighted by Crippen LogP contribution is 2.22. The molecule has 1 aromatic carbocycles. The number of nitrogens with zero attached hydrogens (tertiary/aromatic N) is 3. The van der Waals surface area contributed by atoms with Crippen molar-refractivity contribution in [2.75, 3.05) is 12.4 Å². The molecule has 0 unspecified atom stereocenters. The lowest BCUT2D eigenvalue weighted by Crippen LogP contribution is -2.37. The Kier molecular flexibility index (Phi) is 3.68. The van der Waals surface area contributed by atoms with Crippen molar-refractivity contribution in [3.63, 3.8) is 0 Å². The summed E-state index contributed by atoms with van der Waals surface area (Å²) < 4.78 is 12.3. The van der Waals surface area contributed by atoms with E-state index in [1.807, 2.05) is 0 Å².